The maximum absolute atomic E-state index is 13.1. The van der Waals surface area contributed by atoms with Gasteiger partial charge in [-0.15, -0.1) is 0 Å². The van der Waals surface area contributed by atoms with E-state index >= 15 is 0 Å². The molecule has 0 aromatic heterocycles. The molecule has 1 saturated heterocycles. The number of ether oxygens (including phenoxy) is 1. The van der Waals surface area contributed by atoms with Gasteiger partial charge in [0.05, 0.1) is 6.10 Å². The fourth-order valence-electron chi connectivity index (χ4n) is 3.12. The number of alkyl halides is 2. The summed E-state index contributed by atoms with van der Waals surface area (Å²) < 4.78 is 32.0. The highest BCUT2D eigenvalue weighted by atomic mass is 19.3. The van der Waals surface area contributed by atoms with Crippen LogP contribution in [-0.4, -0.2) is 49.1 Å². The molecule has 1 saturated carbocycles. The number of carbonyl (C=O) groups is 1. The first-order valence-electron chi connectivity index (χ1n) is 8.00. The lowest BCUT2D eigenvalue weighted by atomic mass is 9.85. The zero-order valence-corrected chi connectivity index (χ0v) is 12.5. The molecule has 2 aliphatic rings. The molecule has 4 nitrogen and oxygen atoms in total. The summed E-state index contributed by atoms with van der Waals surface area (Å²) in [5.41, 5.74) is 5.42. The van der Waals surface area contributed by atoms with E-state index < -0.39 is 5.92 Å². The van der Waals surface area contributed by atoms with Gasteiger partial charge in [-0.25, -0.2) is 8.78 Å². The first kappa shape index (κ1) is 16.6. The van der Waals surface area contributed by atoms with E-state index in [9.17, 15) is 13.6 Å². The molecular formula is C15H26F2N2O2. The van der Waals surface area contributed by atoms with Crippen LogP contribution in [0.25, 0.3) is 0 Å². The number of rotatable bonds is 5. The van der Waals surface area contributed by atoms with Crippen molar-refractivity contribution >= 4 is 5.91 Å². The lowest BCUT2D eigenvalue weighted by Gasteiger charge is -2.36. The van der Waals surface area contributed by atoms with Gasteiger partial charge >= 0.3 is 0 Å². The summed E-state index contributed by atoms with van der Waals surface area (Å²) in [6.45, 7) is 2.66. The molecule has 0 aromatic rings. The highest BCUT2D eigenvalue weighted by Gasteiger charge is 2.39. The zero-order chi connectivity index (χ0) is 15.3. The third-order valence-corrected chi connectivity index (χ3v) is 4.52. The Kier molecular flexibility index (Phi) is 5.93. The van der Waals surface area contributed by atoms with E-state index in [2.05, 4.69) is 0 Å². The molecule has 0 unspecified atom stereocenters. The van der Waals surface area contributed by atoms with E-state index in [0.717, 1.165) is 19.3 Å². The number of carbonyl (C=O) groups excluding carboxylic acids is 1. The normalized spacial score (nSPS) is 24.2. The maximum atomic E-state index is 13.1. The summed E-state index contributed by atoms with van der Waals surface area (Å²) in [7, 11) is 0. The predicted octanol–water partition coefficient (Wildman–Crippen LogP) is 2.17. The molecule has 1 amide bonds. The Balaban J connectivity index is 1.71. The fourth-order valence-corrected chi connectivity index (χ4v) is 3.12. The van der Waals surface area contributed by atoms with Crippen molar-refractivity contribution in [2.24, 2.45) is 11.7 Å². The van der Waals surface area contributed by atoms with E-state index in [1.807, 2.05) is 4.90 Å². The number of amides is 1. The van der Waals surface area contributed by atoms with Gasteiger partial charge in [0.2, 0.25) is 11.8 Å². The third-order valence-electron chi connectivity index (χ3n) is 4.52. The molecule has 0 radical (unpaired) electrons. The van der Waals surface area contributed by atoms with Crippen molar-refractivity contribution in [2.45, 2.75) is 57.0 Å². The van der Waals surface area contributed by atoms with Crippen LogP contribution < -0.4 is 5.73 Å². The van der Waals surface area contributed by atoms with Gasteiger partial charge in [0, 0.05) is 38.5 Å². The molecule has 0 bridgehead atoms. The van der Waals surface area contributed by atoms with Crippen molar-refractivity contribution in [1.29, 1.82) is 0 Å². The minimum atomic E-state index is -2.57. The van der Waals surface area contributed by atoms with E-state index in [4.69, 9.17) is 10.5 Å². The Hall–Kier alpha value is -0.750. The summed E-state index contributed by atoms with van der Waals surface area (Å²) in [4.78, 5) is 14.2. The number of nitrogens with two attached hydrogens (primary N) is 1. The van der Waals surface area contributed by atoms with Crippen molar-refractivity contribution in [3.63, 3.8) is 0 Å². The lowest BCUT2D eigenvalue weighted by molar-refractivity contribution is -0.142. The third kappa shape index (κ3) is 4.88. The number of halogens is 2. The largest absolute Gasteiger partial charge is 0.378 e. The van der Waals surface area contributed by atoms with Crippen LogP contribution in [-0.2, 0) is 9.53 Å². The van der Waals surface area contributed by atoms with Crippen molar-refractivity contribution in [2.75, 3.05) is 26.2 Å². The second-order valence-corrected chi connectivity index (χ2v) is 6.17. The summed E-state index contributed by atoms with van der Waals surface area (Å²) in [5.74, 6) is -2.72. The van der Waals surface area contributed by atoms with Gasteiger partial charge in [-0.2, -0.15) is 0 Å². The summed E-state index contributed by atoms with van der Waals surface area (Å²) >= 11 is 0. The van der Waals surface area contributed by atoms with Crippen LogP contribution in [0.15, 0.2) is 0 Å². The van der Waals surface area contributed by atoms with E-state index in [1.54, 1.807) is 0 Å². The van der Waals surface area contributed by atoms with Crippen LogP contribution in [0.1, 0.15) is 44.9 Å². The second kappa shape index (κ2) is 7.49. The van der Waals surface area contributed by atoms with Crippen LogP contribution in [0.5, 0.6) is 0 Å². The van der Waals surface area contributed by atoms with Crippen LogP contribution in [0, 0.1) is 5.92 Å². The van der Waals surface area contributed by atoms with Crippen LogP contribution in [0.3, 0.4) is 0 Å². The molecule has 1 aliphatic carbocycles. The highest BCUT2D eigenvalue weighted by molar-refractivity contribution is 5.79. The van der Waals surface area contributed by atoms with Crippen LogP contribution >= 0.6 is 0 Å². The average Bonchev–Trinajstić information content (AvgIpc) is 2.48. The number of hydrogen-bond donors (Lipinski definition) is 1. The first-order valence-corrected chi connectivity index (χ1v) is 8.00. The Morgan fingerprint density at radius 1 is 1.19 bits per heavy atom. The molecule has 1 heterocycles. The minimum absolute atomic E-state index is 0.0610. The summed E-state index contributed by atoms with van der Waals surface area (Å²) in [6, 6.07) is 0. The molecule has 2 fully saturated rings. The fraction of sp³-hybridized carbons (Fsp3) is 0.933. The molecule has 2 N–H and O–H groups in total. The molecule has 0 atom stereocenters. The van der Waals surface area contributed by atoms with Crippen molar-refractivity contribution in [3.8, 4) is 0 Å². The number of piperidine rings is 1. The molecule has 0 aromatic carbocycles. The van der Waals surface area contributed by atoms with Gasteiger partial charge in [0.25, 0.3) is 0 Å². The quantitative estimate of drug-likeness (QED) is 0.792. The van der Waals surface area contributed by atoms with Gasteiger partial charge < -0.3 is 15.4 Å². The van der Waals surface area contributed by atoms with E-state index in [-0.39, 0.29) is 30.8 Å². The maximum Gasteiger partial charge on any atom is 0.248 e. The lowest BCUT2D eigenvalue weighted by Crippen LogP contribution is -2.45. The van der Waals surface area contributed by atoms with E-state index in [0.29, 0.717) is 39.1 Å². The molecule has 0 spiro atoms. The monoisotopic (exact) mass is 304 g/mol. The summed E-state index contributed by atoms with van der Waals surface area (Å²) in [6.07, 6.45) is 3.06. The number of hydrogen-bond acceptors (Lipinski definition) is 3. The van der Waals surface area contributed by atoms with Gasteiger partial charge in [-0.05, 0) is 38.6 Å². The van der Waals surface area contributed by atoms with Gasteiger partial charge in [0.1, 0.15) is 0 Å². The Morgan fingerprint density at radius 2 is 1.81 bits per heavy atom. The average molecular weight is 304 g/mol. The SMILES string of the molecule is NCCCOC1CCN(C(=O)C2CCC(F)(F)CC2)CC1. The summed E-state index contributed by atoms with van der Waals surface area (Å²) in [5, 5.41) is 0. The zero-order valence-electron chi connectivity index (χ0n) is 12.5. The predicted molar refractivity (Wildman–Crippen MR) is 76.1 cm³/mol. The number of nitrogens with zero attached hydrogens (tertiary/aromatic N) is 1. The molecule has 1 aliphatic heterocycles. The minimum Gasteiger partial charge on any atom is -0.378 e. The topological polar surface area (TPSA) is 55.6 Å². The van der Waals surface area contributed by atoms with Crippen LogP contribution in [0.4, 0.5) is 8.78 Å². The van der Waals surface area contributed by atoms with Crippen molar-refractivity contribution < 1.29 is 18.3 Å². The van der Waals surface area contributed by atoms with Crippen LogP contribution in [0.2, 0.25) is 0 Å². The van der Waals surface area contributed by atoms with E-state index in [1.165, 1.54) is 0 Å². The number of likely N-dealkylation sites (tertiary alicyclic amines) is 1. The Bertz CT molecular complexity index is 335. The molecule has 2 rings (SSSR count). The Morgan fingerprint density at radius 3 is 2.38 bits per heavy atom. The molecule has 122 valence electrons. The van der Waals surface area contributed by atoms with Gasteiger partial charge in [0.15, 0.2) is 0 Å². The van der Waals surface area contributed by atoms with Crippen molar-refractivity contribution in [1.82, 2.24) is 4.90 Å². The highest BCUT2D eigenvalue weighted by Crippen LogP contribution is 2.37. The Labute approximate surface area is 125 Å². The second-order valence-electron chi connectivity index (χ2n) is 6.17. The first-order chi connectivity index (χ1) is 10.0. The van der Waals surface area contributed by atoms with Crippen molar-refractivity contribution in [3.05, 3.63) is 0 Å². The molecule has 6 heteroatoms. The molecule has 21 heavy (non-hydrogen) atoms. The standard InChI is InChI=1S/C15H26F2N2O2/c16-15(17)6-2-12(3-7-15)14(20)19-9-4-13(5-10-19)21-11-1-8-18/h12-13H,1-11,18H2. The van der Waals surface area contributed by atoms with Gasteiger partial charge in [-0.1, -0.05) is 0 Å². The molecular weight excluding hydrogens is 278 g/mol. The van der Waals surface area contributed by atoms with Gasteiger partial charge in [-0.3, -0.25) is 4.79 Å². The smallest absolute Gasteiger partial charge is 0.248 e.